The zero-order valence-electron chi connectivity index (χ0n) is 15.3. The fourth-order valence-electron chi connectivity index (χ4n) is 2.69. The summed E-state index contributed by atoms with van der Waals surface area (Å²) >= 11 is 0. The summed E-state index contributed by atoms with van der Waals surface area (Å²) in [4.78, 5) is 28.7. The van der Waals surface area contributed by atoms with Crippen LogP contribution >= 0.6 is 0 Å². The summed E-state index contributed by atoms with van der Waals surface area (Å²) in [5.74, 6) is 0.639. The molecule has 0 aliphatic carbocycles. The van der Waals surface area contributed by atoms with Gasteiger partial charge in [0.2, 0.25) is 0 Å². The molecule has 0 atom stereocenters. The first-order valence-electron chi connectivity index (χ1n) is 9.12. The number of aromatic nitrogens is 1. The van der Waals surface area contributed by atoms with E-state index in [2.05, 4.69) is 22.5 Å². The van der Waals surface area contributed by atoms with Crippen molar-refractivity contribution in [1.82, 2.24) is 10.3 Å². The molecule has 7 nitrogen and oxygen atoms in total. The van der Waals surface area contributed by atoms with E-state index in [1.165, 1.54) is 12.3 Å². The maximum Gasteiger partial charge on any atom is 0.274 e. The normalized spacial score (nSPS) is 12.3. The summed E-state index contributed by atoms with van der Waals surface area (Å²) in [6.07, 6.45) is 4.56. The van der Waals surface area contributed by atoms with Crippen molar-refractivity contribution in [3.05, 3.63) is 47.8 Å². The lowest BCUT2D eigenvalue weighted by Gasteiger charge is -2.19. The van der Waals surface area contributed by atoms with Crippen LogP contribution in [0.2, 0.25) is 0 Å². The molecule has 142 valence electrons. The molecule has 27 heavy (non-hydrogen) atoms. The van der Waals surface area contributed by atoms with E-state index < -0.39 is 5.91 Å². The molecule has 0 fully saturated rings. The van der Waals surface area contributed by atoms with Gasteiger partial charge in [-0.05, 0) is 30.7 Å². The van der Waals surface area contributed by atoms with Crippen LogP contribution < -0.4 is 20.1 Å². The topological polar surface area (TPSA) is 89.6 Å². The van der Waals surface area contributed by atoms with Gasteiger partial charge in [0.1, 0.15) is 18.9 Å². The third kappa shape index (κ3) is 4.97. The number of carbonyl (C=O) groups excluding carboxylic acids is 2. The van der Waals surface area contributed by atoms with Gasteiger partial charge < -0.3 is 20.1 Å². The van der Waals surface area contributed by atoms with Crippen molar-refractivity contribution in [2.75, 3.05) is 25.1 Å². The fraction of sp³-hybridized carbons (Fsp3) is 0.350. The highest BCUT2D eigenvalue weighted by atomic mass is 16.6. The van der Waals surface area contributed by atoms with Gasteiger partial charge in [0.15, 0.2) is 11.5 Å². The van der Waals surface area contributed by atoms with Crippen LogP contribution in [0.15, 0.2) is 36.5 Å². The Morgan fingerprint density at radius 2 is 1.85 bits per heavy atom. The van der Waals surface area contributed by atoms with Gasteiger partial charge in [0.05, 0.1) is 0 Å². The molecule has 1 aromatic carbocycles. The van der Waals surface area contributed by atoms with Crippen LogP contribution in [0.25, 0.3) is 0 Å². The third-order valence-electron chi connectivity index (χ3n) is 4.12. The Morgan fingerprint density at radius 3 is 2.67 bits per heavy atom. The second-order valence-electron chi connectivity index (χ2n) is 6.21. The minimum absolute atomic E-state index is 0.172. The zero-order chi connectivity index (χ0) is 19.1. The summed E-state index contributed by atoms with van der Waals surface area (Å²) in [7, 11) is 0. The number of fused-ring (bicyclic) bond motifs is 1. The number of benzene rings is 1. The number of rotatable bonds is 7. The van der Waals surface area contributed by atoms with Gasteiger partial charge in [-0.2, -0.15) is 0 Å². The van der Waals surface area contributed by atoms with Gasteiger partial charge in [-0.1, -0.05) is 19.8 Å². The monoisotopic (exact) mass is 369 g/mol. The maximum absolute atomic E-state index is 12.5. The van der Waals surface area contributed by atoms with Crippen molar-refractivity contribution >= 4 is 17.5 Å². The summed E-state index contributed by atoms with van der Waals surface area (Å²) in [6, 6.07) is 8.27. The number of nitrogens with one attached hydrogen (secondary N) is 2. The number of hydrogen-bond acceptors (Lipinski definition) is 5. The molecule has 1 aliphatic rings. The van der Waals surface area contributed by atoms with Gasteiger partial charge >= 0.3 is 0 Å². The first-order valence-corrected chi connectivity index (χ1v) is 9.12. The van der Waals surface area contributed by atoms with Crippen LogP contribution in [-0.2, 0) is 0 Å². The van der Waals surface area contributed by atoms with Crippen LogP contribution in [0.1, 0.15) is 47.0 Å². The van der Waals surface area contributed by atoms with E-state index in [0.29, 0.717) is 42.5 Å². The quantitative estimate of drug-likeness (QED) is 0.732. The molecule has 0 saturated heterocycles. The number of anilines is 1. The smallest absolute Gasteiger partial charge is 0.274 e. The van der Waals surface area contributed by atoms with Crippen molar-refractivity contribution in [3.8, 4) is 11.5 Å². The molecule has 1 aromatic heterocycles. The Balaban J connectivity index is 1.64. The molecule has 0 saturated carbocycles. The number of unbranched alkanes of at least 4 members (excludes halogenated alkanes) is 2. The minimum atomic E-state index is -0.396. The highest BCUT2D eigenvalue weighted by molar-refractivity contribution is 6.04. The zero-order valence-corrected chi connectivity index (χ0v) is 15.3. The van der Waals surface area contributed by atoms with E-state index in [4.69, 9.17) is 9.47 Å². The van der Waals surface area contributed by atoms with Crippen LogP contribution in [0.3, 0.4) is 0 Å². The molecule has 7 heteroatoms. The first-order chi connectivity index (χ1) is 13.2. The molecule has 0 radical (unpaired) electrons. The third-order valence-corrected chi connectivity index (χ3v) is 4.12. The molecule has 2 amide bonds. The van der Waals surface area contributed by atoms with Crippen LogP contribution in [0.5, 0.6) is 11.5 Å². The van der Waals surface area contributed by atoms with Crippen molar-refractivity contribution in [3.63, 3.8) is 0 Å². The summed E-state index contributed by atoms with van der Waals surface area (Å²) in [5.41, 5.74) is 1.15. The van der Waals surface area contributed by atoms with E-state index >= 15 is 0 Å². The van der Waals surface area contributed by atoms with Crippen LogP contribution in [0, 0.1) is 0 Å². The Hall–Kier alpha value is -3.09. The average Bonchev–Trinajstić information content (AvgIpc) is 2.71. The van der Waals surface area contributed by atoms with Gasteiger partial charge in [-0.3, -0.25) is 14.6 Å². The summed E-state index contributed by atoms with van der Waals surface area (Å²) < 4.78 is 11.0. The van der Waals surface area contributed by atoms with E-state index in [9.17, 15) is 9.59 Å². The molecule has 2 aromatic rings. The van der Waals surface area contributed by atoms with E-state index in [1.54, 1.807) is 24.3 Å². The number of carbonyl (C=O) groups is 2. The lowest BCUT2D eigenvalue weighted by Crippen LogP contribution is -2.25. The lowest BCUT2D eigenvalue weighted by atomic mass is 10.2. The number of ether oxygens (including phenoxy) is 2. The molecule has 2 N–H and O–H groups in total. The molecule has 0 spiro atoms. The van der Waals surface area contributed by atoms with Gasteiger partial charge in [-0.25, -0.2) is 0 Å². The summed E-state index contributed by atoms with van der Waals surface area (Å²) in [5, 5.41) is 5.62. The molecule has 0 unspecified atom stereocenters. The fourth-order valence-corrected chi connectivity index (χ4v) is 2.69. The van der Waals surface area contributed by atoms with Crippen molar-refractivity contribution < 1.29 is 19.1 Å². The average molecular weight is 369 g/mol. The molecule has 1 aliphatic heterocycles. The number of amides is 2. The Morgan fingerprint density at radius 1 is 1.04 bits per heavy atom. The van der Waals surface area contributed by atoms with Crippen LogP contribution in [-0.4, -0.2) is 36.6 Å². The molecule has 3 rings (SSSR count). The molecule has 2 heterocycles. The van der Waals surface area contributed by atoms with Gasteiger partial charge in [0.25, 0.3) is 11.8 Å². The second-order valence-corrected chi connectivity index (χ2v) is 6.21. The molecular formula is C20H23N3O4. The van der Waals surface area contributed by atoms with Crippen molar-refractivity contribution in [2.45, 2.75) is 26.2 Å². The largest absolute Gasteiger partial charge is 0.486 e. The standard InChI is InChI=1S/C20H23N3O4/c1-2-3-4-8-22-19(24)14-7-9-21-16(12-14)20(25)23-15-5-6-17-18(13-15)27-11-10-26-17/h5-7,9,12-13H,2-4,8,10-11H2,1H3,(H,22,24)(H,23,25). The maximum atomic E-state index is 12.5. The van der Waals surface area contributed by atoms with Crippen molar-refractivity contribution in [2.24, 2.45) is 0 Å². The Kier molecular flexibility index (Phi) is 6.25. The number of hydrogen-bond donors (Lipinski definition) is 2. The van der Waals surface area contributed by atoms with Crippen molar-refractivity contribution in [1.29, 1.82) is 0 Å². The second kappa shape index (κ2) is 9.02. The summed E-state index contributed by atoms with van der Waals surface area (Å²) in [6.45, 7) is 3.71. The number of pyridine rings is 1. The highest BCUT2D eigenvalue weighted by Gasteiger charge is 2.15. The Bertz CT molecular complexity index is 823. The predicted molar refractivity (Wildman–Crippen MR) is 101 cm³/mol. The van der Waals surface area contributed by atoms with E-state index in [0.717, 1.165) is 19.3 Å². The minimum Gasteiger partial charge on any atom is -0.486 e. The van der Waals surface area contributed by atoms with Gasteiger partial charge in [-0.15, -0.1) is 0 Å². The van der Waals surface area contributed by atoms with Crippen LogP contribution in [0.4, 0.5) is 5.69 Å². The van der Waals surface area contributed by atoms with E-state index in [1.807, 2.05) is 0 Å². The molecular weight excluding hydrogens is 346 g/mol. The van der Waals surface area contributed by atoms with E-state index in [-0.39, 0.29) is 11.6 Å². The molecule has 0 bridgehead atoms. The lowest BCUT2D eigenvalue weighted by molar-refractivity contribution is 0.0953. The highest BCUT2D eigenvalue weighted by Crippen LogP contribution is 2.32. The SMILES string of the molecule is CCCCCNC(=O)c1ccnc(C(=O)Nc2ccc3c(c2)OCCO3)c1. The Labute approximate surface area is 158 Å². The predicted octanol–water partition coefficient (Wildman–Crippen LogP) is 3.03. The van der Waals surface area contributed by atoms with Gasteiger partial charge in [0, 0.05) is 30.1 Å². The number of nitrogens with zero attached hydrogens (tertiary/aromatic N) is 1. The first kappa shape index (κ1) is 18.7.